The van der Waals surface area contributed by atoms with Gasteiger partial charge in [0.1, 0.15) is 0 Å². The van der Waals surface area contributed by atoms with Crippen molar-refractivity contribution in [2.75, 3.05) is 19.3 Å². The monoisotopic (exact) mass is 296 g/mol. The van der Waals surface area contributed by atoms with Crippen molar-refractivity contribution in [1.82, 2.24) is 4.90 Å². The molecule has 0 aromatic heterocycles. The zero-order valence-corrected chi connectivity index (χ0v) is 11.5. The Kier molecular flexibility index (Phi) is 3.91. The molecular formula is C12H13BrN2S. The highest BCUT2D eigenvalue weighted by Crippen LogP contribution is 2.39. The molecule has 0 saturated carbocycles. The van der Waals surface area contributed by atoms with Gasteiger partial charge in [-0.1, -0.05) is 15.9 Å². The van der Waals surface area contributed by atoms with E-state index in [0.717, 1.165) is 16.6 Å². The Hall–Kier alpha value is -0.500. The van der Waals surface area contributed by atoms with Crippen LogP contribution in [-0.4, -0.2) is 24.2 Å². The minimum absolute atomic E-state index is 0.383. The van der Waals surface area contributed by atoms with Crippen molar-refractivity contribution in [1.29, 1.82) is 5.26 Å². The zero-order valence-electron chi connectivity index (χ0n) is 9.11. The summed E-state index contributed by atoms with van der Waals surface area (Å²) in [5, 5.41) is 8.76. The normalized spacial score (nSPS) is 19.2. The Labute approximate surface area is 109 Å². The Bertz CT molecular complexity index is 428. The van der Waals surface area contributed by atoms with Crippen LogP contribution < -0.4 is 0 Å². The van der Waals surface area contributed by atoms with Gasteiger partial charge in [-0.2, -0.15) is 5.26 Å². The maximum absolute atomic E-state index is 8.76. The molecule has 1 aliphatic heterocycles. The molecule has 1 heterocycles. The molecule has 0 saturated heterocycles. The Balaban J connectivity index is 2.32. The lowest BCUT2D eigenvalue weighted by Crippen LogP contribution is -2.27. The molecule has 1 unspecified atom stereocenters. The lowest BCUT2D eigenvalue weighted by atomic mass is 10.0. The number of hydrogen-bond acceptors (Lipinski definition) is 3. The highest BCUT2D eigenvalue weighted by atomic mass is 79.9. The van der Waals surface area contributed by atoms with Crippen LogP contribution in [-0.2, 0) is 0 Å². The Morgan fingerprint density at radius 1 is 1.62 bits per heavy atom. The number of thioether (sulfide) groups is 1. The van der Waals surface area contributed by atoms with E-state index in [0.29, 0.717) is 12.6 Å². The van der Waals surface area contributed by atoms with Gasteiger partial charge >= 0.3 is 0 Å². The predicted molar refractivity (Wildman–Crippen MR) is 70.5 cm³/mol. The summed E-state index contributed by atoms with van der Waals surface area (Å²) in [5.41, 5.74) is 1.35. The third-order valence-electron chi connectivity index (χ3n) is 2.83. The molecule has 16 heavy (non-hydrogen) atoms. The minimum atomic E-state index is 0.383. The molecule has 2 rings (SSSR count). The Morgan fingerprint density at radius 2 is 2.44 bits per heavy atom. The van der Waals surface area contributed by atoms with Crippen molar-refractivity contribution in [3.05, 3.63) is 28.2 Å². The van der Waals surface area contributed by atoms with Gasteiger partial charge < -0.3 is 0 Å². The fourth-order valence-corrected chi connectivity index (χ4v) is 3.49. The second-order valence-corrected chi connectivity index (χ2v) is 5.96. The molecular weight excluding hydrogens is 284 g/mol. The summed E-state index contributed by atoms with van der Waals surface area (Å²) in [7, 11) is 2.02. The topological polar surface area (TPSA) is 27.0 Å². The first-order chi connectivity index (χ1) is 7.72. The van der Waals surface area contributed by atoms with Crippen molar-refractivity contribution in [2.24, 2.45) is 0 Å². The van der Waals surface area contributed by atoms with E-state index < -0.39 is 0 Å². The highest BCUT2D eigenvalue weighted by Gasteiger charge is 2.24. The average Bonchev–Trinajstić information content (AvgIpc) is 2.28. The largest absolute Gasteiger partial charge is 0.286 e. The maximum Gasteiger partial charge on any atom is 0.0868 e. The fourth-order valence-electron chi connectivity index (χ4n) is 2.03. The molecule has 0 N–H and O–H groups in total. The van der Waals surface area contributed by atoms with Crippen LogP contribution in [0.4, 0.5) is 0 Å². The minimum Gasteiger partial charge on any atom is -0.286 e. The van der Waals surface area contributed by atoms with Crippen LogP contribution in [0.25, 0.3) is 0 Å². The molecule has 4 heteroatoms. The van der Waals surface area contributed by atoms with Crippen LogP contribution in [0.5, 0.6) is 0 Å². The van der Waals surface area contributed by atoms with Crippen LogP contribution in [0.3, 0.4) is 0 Å². The SMILES string of the molecule is CN(CC#N)C1CCSc2ccc(Br)cc21. The zero-order chi connectivity index (χ0) is 11.5. The van der Waals surface area contributed by atoms with Gasteiger partial charge in [0.05, 0.1) is 12.6 Å². The highest BCUT2D eigenvalue weighted by molar-refractivity contribution is 9.10. The van der Waals surface area contributed by atoms with Crippen LogP contribution in [0.15, 0.2) is 27.6 Å². The van der Waals surface area contributed by atoms with E-state index >= 15 is 0 Å². The van der Waals surface area contributed by atoms with Crippen molar-refractivity contribution in [3.8, 4) is 6.07 Å². The van der Waals surface area contributed by atoms with Gasteiger partial charge in [0.15, 0.2) is 0 Å². The summed E-state index contributed by atoms with van der Waals surface area (Å²) in [5.74, 6) is 1.13. The van der Waals surface area contributed by atoms with Crippen LogP contribution >= 0.6 is 27.7 Å². The number of nitriles is 1. The van der Waals surface area contributed by atoms with Crippen LogP contribution in [0.2, 0.25) is 0 Å². The molecule has 1 aromatic rings. The first-order valence-electron chi connectivity index (χ1n) is 5.22. The van der Waals surface area contributed by atoms with E-state index in [2.05, 4.69) is 45.1 Å². The molecule has 84 valence electrons. The van der Waals surface area contributed by atoms with E-state index in [9.17, 15) is 0 Å². The number of nitrogens with zero attached hydrogens (tertiary/aromatic N) is 2. The molecule has 0 fully saturated rings. The molecule has 0 aliphatic carbocycles. The van der Waals surface area contributed by atoms with Gasteiger partial charge in [0, 0.05) is 15.4 Å². The van der Waals surface area contributed by atoms with E-state index in [4.69, 9.17) is 5.26 Å². The van der Waals surface area contributed by atoms with Gasteiger partial charge in [0.25, 0.3) is 0 Å². The lowest BCUT2D eigenvalue weighted by molar-refractivity contribution is 0.263. The maximum atomic E-state index is 8.76. The summed E-state index contributed by atoms with van der Waals surface area (Å²) in [6.45, 7) is 0.487. The number of fused-ring (bicyclic) bond motifs is 1. The lowest BCUT2D eigenvalue weighted by Gasteiger charge is -2.31. The van der Waals surface area contributed by atoms with Crippen molar-refractivity contribution in [3.63, 3.8) is 0 Å². The summed E-state index contributed by atoms with van der Waals surface area (Å²) in [4.78, 5) is 3.48. The molecule has 0 bridgehead atoms. The van der Waals surface area contributed by atoms with Gasteiger partial charge in [-0.15, -0.1) is 11.8 Å². The standard InChI is InChI=1S/C12H13BrN2S/c1-15(6-5-14)11-4-7-16-12-3-2-9(13)8-10(11)12/h2-3,8,11H,4,6-7H2,1H3. The Morgan fingerprint density at radius 3 is 3.19 bits per heavy atom. The van der Waals surface area contributed by atoms with Crippen LogP contribution in [0.1, 0.15) is 18.0 Å². The van der Waals surface area contributed by atoms with Gasteiger partial charge in [-0.05, 0) is 43.0 Å². The van der Waals surface area contributed by atoms with Gasteiger partial charge in [-0.25, -0.2) is 0 Å². The van der Waals surface area contributed by atoms with E-state index in [1.807, 2.05) is 18.8 Å². The van der Waals surface area contributed by atoms with Gasteiger partial charge in [-0.3, -0.25) is 4.90 Å². The van der Waals surface area contributed by atoms with Crippen molar-refractivity contribution in [2.45, 2.75) is 17.4 Å². The third-order valence-corrected chi connectivity index (χ3v) is 4.45. The molecule has 2 nitrogen and oxygen atoms in total. The van der Waals surface area contributed by atoms with E-state index in [1.54, 1.807) is 0 Å². The second kappa shape index (κ2) is 5.22. The predicted octanol–water partition coefficient (Wildman–Crippen LogP) is 3.44. The molecule has 0 spiro atoms. The molecule has 1 aliphatic rings. The fraction of sp³-hybridized carbons (Fsp3) is 0.417. The number of benzene rings is 1. The van der Waals surface area contributed by atoms with Crippen molar-refractivity contribution < 1.29 is 0 Å². The molecule has 0 radical (unpaired) electrons. The number of rotatable bonds is 2. The third kappa shape index (κ3) is 2.42. The summed E-state index contributed by atoms with van der Waals surface area (Å²) < 4.78 is 1.11. The van der Waals surface area contributed by atoms with E-state index in [1.165, 1.54) is 10.5 Å². The molecule has 1 aromatic carbocycles. The molecule has 0 amide bonds. The number of hydrogen-bond donors (Lipinski definition) is 0. The first kappa shape index (κ1) is 12.0. The first-order valence-corrected chi connectivity index (χ1v) is 6.99. The van der Waals surface area contributed by atoms with Crippen molar-refractivity contribution >= 4 is 27.7 Å². The van der Waals surface area contributed by atoms with E-state index in [-0.39, 0.29) is 0 Å². The smallest absolute Gasteiger partial charge is 0.0868 e. The molecule has 1 atom stereocenters. The summed E-state index contributed by atoms with van der Waals surface area (Å²) in [6, 6.07) is 9.03. The van der Waals surface area contributed by atoms with Crippen LogP contribution in [0, 0.1) is 11.3 Å². The second-order valence-electron chi connectivity index (χ2n) is 3.91. The quantitative estimate of drug-likeness (QED) is 0.782. The number of halogens is 1. The summed E-state index contributed by atoms with van der Waals surface area (Å²) >= 11 is 5.42. The average molecular weight is 297 g/mol. The summed E-state index contributed by atoms with van der Waals surface area (Å²) in [6.07, 6.45) is 1.12. The van der Waals surface area contributed by atoms with Gasteiger partial charge in [0.2, 0.25) is 0 Å².